The van der Waals surface area contributed by atoms with E-state index in [4.69, 9.17) is 9.84 Å². The fraction of sp³-hybridized carbons (Fsp3) is 0.833. The summed E-state index contributed by atoms with van der Waals surface area (Å²) in [6, 6.07) is -0.528. The second-order valence-electron chi connectivity index (χ2n) is 5.70. The average Bonchev–Trinajstić information content (AvgIpc) is 2.54. The van der Waals surface area contributed by atoms with Gasteiger partial charge in [-0.15, -0.1) is 0 Å². The minimum absolute atomic E-state index is 0.0694. The smallest absolute Gasteiger partial charge is 0.407 e. The first-order valence-electron chi connectivity index (χ1n) is 6.10. The first-order valence-corrected chi connectivity index (χ1v) is 6.10. The predicted octanol–water partition coefficient (Wildman–Crippen LogP) is 0.916. The lowest BCUT2D eigenvalue weighted by Crippen LogP contribution is -2.42. The van der Waals surface area contributed by atoms with E-state index in [2.05, 4.69) is 5.32 Å². The van der Waals surface area contributed by atoms with Gasteiger partial charge in [0.25, 0.3) is 0 Å². The van der Waals surface area contributed by atoms with Gasteiger partial charge in [-0.1, -0.05) is 0 Å². The summed E-state index contributed by atoms with van der Waals surface area (Å²) in [6.07, 6.45) is 0.268. The number of nitrogens with zero attached hydrogens (tertiary/aromatic N) is 1. The maximum Gasteiger partial charge on any atom is 0.407 e. The van der Waals surface area contributed by atoms with Gasteiger partial charge in [-0.3, -0.25) is 9.69 Å². The molecule has 2 atom stereocenters. The lowest BCUT2D eigenvalue weighted by molar-refractivity contribution is -0.143. The van der Waals surface area contributed by atoms with Crippen molar-refractivity contribution in [2.75, 3.05) is 20.1 Å². The van der Waals surface area contributed by atoms with Crippen LogP contribution in [0.4, 0.5) is 4.79 Å². The molecule has 1 saturated heterocycles. The number of carbonyl (C=O) groups excluding carboxylic acids is 1. The molecular weight excluding hydrogens is 236 g/mol. The maximum absolute atomic E-state index is 11.5. The summed E-state index contributed by atoms with van der Waals surface area (Å²) in [5.41, 5.74) is -0.539. The number of likely N-dealkylation sites (tertiary alicyclic amines) is 1. The topological polar surface area (TPSA) is 78.9 Å². The Hall–Kier alpha value is -1.30. The zero-order valence-corrected chi connectivity index (χ0v) is 11.4. The maximum atomic E-state index is 11.5. The highest BCUT2D eigenvalue weighted by Gasteiger charge is 2.37. The van der Waals surface area contributed by atoms with Crippen LogP contribution in [0.1, 0.15) is 27.2 Å². The zero-order chi connectivity index (χ0) is 13.9. The molecule has 18 heavy (non-hydrogen) atoms. The number of aliphatic carboxylic acids is 1. The quantitative estimate of drug-likeness (QED) is 0.787. The first kappa shape index (κ1) is 14.8. The van der Waals surface area contributed by atoms with Crippen LogP contribution in [0.5, 0.6) is 0 Å². The third-order valence-corrected chi connectivity index (χ3v) is 2.93. The number of carboxylic acid groups (broad SMARTS) is 1. The molecule has 1 fully saturated rings. The molecule has 0 aromatic carbocycles. The Morgan fingerprint density at radius 3 is 2.56 bits per heavy atom. The molecule has 0 aromatic rings. The van der Waals surface area contributed by atoms with Gasteiger partial charge in [-0.2, -0.15) is 0 Å². The van der Waals surface area contributed by atoms with E-state index in [1.165, 1.54) is 0 Å². The van der Waals surface area contributed by atoms with Crippen LogP contribution < -0.4 is 5.32 Å². The van der Waals surface area contributed by atoms with Crippen LogP contribution in [0.25, 0.3) is 0 Å². The van der Waals surface area contributed by atoms with Crippen LogP contribution in [0.3, 0.4) is 0 Å². The monoisotopic (exact) mass is 258 g/mol. The molecule has 0 aromatic heterocycles. The molecule has 104 valence electrons. The van der Waals surface area contributed by atoms with E-state index in [9.17, 15) is 9.59 Å². The highest BCUT2D eigenvalue weighted by atomic mass is 16.6. The van der Waals surface area contributed by atoms with E-state index in [-0.39, 0.29) is 5.92 Å². The second kappa shape index (κ2) is 5.56. The van der Waals surface area contributed by atoms with Gasteiger partial charge in [0.1, 0.15) is 11.6 Å². The summed E-state index contributed by atoms with van der Waals surface area (Å²) in [4.78, 5) is 24.4. The number of likely N-dealkylation sites (N-methyl/N-ethyl adjacent to an activating group) is 1. The number of carbonyl (C=O) groups is 2. The van der Waals surface area contributed by atoms with Crippen molar-refractivity contribution in [3.05, 3.63) is 0 Å². The van der Waals surface area contributed by atoms with Crippen molar-refractivity contribution in [1.82, 2.24) is 10.2 Å². The van der Waals surface area contributed by atoms with Crippen molar-refractivity contribution >= 4 is 12.1 Å². The molecule has 1 aliphatic rings. The summed E-state index contributed by atoms with van der Waals surface area (Å²) < 4.78 is 5.11. The summed E-state index contributed by atoms with van der Waals surface area (Å²) in [5.74, 6) is -0.911. The number of hydrogen-bond acceptors (Lipinski definition) is 4. The van der Waals surface area contributed by atoms with E-state index in [1.807, 2.05) is 0 Å². The normalized spacial score (nSPS) is 24.9. The van der Waals surface area contributed by atoms with Gasteiger partial charge in [0.2, 0.25) is 0 Å². The molecule has 0 bridgehead atoms. The lowest BCUT2D eigenvalue weighted by atomic mass is 10.0. The fourth-order valence-corrected chi connectivity index (χ4v) is 2.16. The number of ether oxygens (including phenoxy) is 1. The van der Waals surface area contributed by atoms with Crippen molar-refractivity contribution < 1.29 is 19.4 Å². The third-order valence-electron chi connectivity index (χ3n) is 2.93. The highest BCUT2D eigenvalue weighted by molar-refractivity contribution is 5.74. The molecular formula is C12H22N2O4. The number of amides is 1. The molecule has 0 saturated carbocycles. The highest BCUT2D eigenvalue weighted by Crippen LogP contribution is 2.22. The predicted molar refractivity (Wildman–Crippen MR) is 66.4 cm³/mol. The van der Waals surface area contributed by atoms with Gasteiger partial charge in [-0.25, -0.2) is 4.79 Å². The Morgan fingerprint density at radius 1 is 1.44 bits per heavy atom. The van der Waals surface area contributed by atoms with Gasteiger partial charge in [-0.05, 0) is 40.8 Å². The van der Waals surface area contributed by atoms with Crippen molar-refractivity contribution in [1.29, 1.82) is 0 Å². The number of hydrogen-bond donors (Lipinski definition) is 2. The Bertz CT molecular complexity index is 325. The second-order valence-corrected chi connectivity index (χ2v) is 5.70. The largest absolute Gasteiger partial charge is 0.480 e. The van der Waals surface area contributed by atoms with E-state index < -0.39 is 23.7 Å². The summed E-state index contributed by atoms with van der Waals surface area (Å²) in [5, 5.41) is 11.8. The SMILES string of the molecule is CN1CC[C@H](CNC(=O)OC(C)(C)C)[C@H]1C(=O)O. The first-order chi connectivity index (χ1) is 8.20. The summed E-state index contributed by atoms with van der Waals surface area (Å²) in [6.45, 7) is 6.43. The summed E-state index contributed by atoms with van der Waals surface area (Å²) >= 11 is 0. The van der Waals surface area contributed by atoms with Gasteiger partial charge in [0.05, 0.1) is 0 Å². The van der Waals surface area contributed by atoms with E-state index >= 15 is 0 Å². The van der Waals surface area contributed by atoms with Crippen molar-refractivity contribution in [3.8, 4) is 0 Å². The molecule has 1 aliphatic heterocycles. The van der Waals surface area contributed by atoms with Gasteiger partial charge < -0.3 is 15.2 Å². The number of nitrogens with one attached hydrogen (secondary N) is 1. The molecule has 6 nitrogen and oxygen atoms in total. The molecule has 1 heterocycles. The molecule has 0 unspecified atom stereocenters. The molecule has 6 heteroatoms. The van der Waals surface area contributed by atoms with Crippen LogP contribution >= 0.6 is 0 Å². The van der Waals surface area contributed by atoms with E-state index in [0.29, 0.717) is 6.54 Å². The molecule has 2 N–H and O–H groups in total. The van der Waals surface area contributed by atoms with E-state index in [0.717, 1.165) is 13.0 Å². The van der Waals surface area contributed by atoms with Crippen molar-refractivity contribution in [2.45, 2.75) is 38.8 Å². The third kappa shape index (κ3) is 4.18. The van der Waals surface area contributed by atoms with Crippen molar-refractivity contribution in [3.63, 3.8) is 0 Å². The van der Waals surface area contributed by atoms with Gasteiger partial charge in [0, 0.05) is 12.5 Å². The van der Waals surface area contributed by atoms with Crippen LogP contribution in [-0.4, -0.2) is 53.8 Å². The van der Waals surface area contributed by atoms with Gasteiger partial charge in [0.15, 0.2) is 0 Å². The fourth-order valence-electron chi connectivity index (χ4n) is 2.16. The Balaban J connectivity index is 2.44. The number of rotatable bonds is 3. The standard InChI is InChI=1S/C12H22N2O4/c1-12(2,3)18-11(17)13-7-8-5-6-14(4)9(8)10(15)16/h8-9H,5-7H2,1-4H3,(H,13,17)(H,15,16)/t8-,9+/m1/s1. The van der Waals surface area contributed by atoms with Gasteiger partial charge >= 0.3 is 12.1 Å². The molecule has 0 aliphatic carbocycles. The number of alkyl carbamates (subject to hydrolysis) is 1. The lowest BCUT2D eigenvalue weighted by Gasteiger charge is -2.23. The van der Waals surface area contributed by atoms with Crippen LogP contribution in [0.2, 0.25) is 0 Å². The molecule has 1 rings (SSSR count). The molecule has 0 radical (unpaired) electrons. The Kier molecular flexibility index (Phi) is 4.56. The van der Waals surface area contributed by atoms with Crippen molar-refractivity contribution in [2.24, 2.45) is 5.92 Å². The summed E-state index contributed by atoms with van der Waals surface area (Å²) in [7, 11) is 1.78. The molecule has 1 amide bonds. The minimum atomic E-state index is -0.842. The van der Waals surface area contributed by atoms with E-state index in [1.54, 1.807) is 32.7 Å². The molecule has 0 spiro atoms. The van der Waals surface area contributed by atoms with Crippen LogP contribution in [0.15, 0.2) is 0 Å². The zero-order valence-electron chi connectivity index (χ0n) is 11.4. The minimum Gasteiger partial charge on any atom is -0.480 e. The Morgan fingerprint density at radius 2 is 2.06 bits per heavy atom. The Labute approximate surface area is 107 Å². The average molecular weight is 258 g/mol. The van der Waals surface area contributed by atoms with Crippen LogP contribution in [-0.2, 0) is 9.53 Å². The number of carboxylic acids is 1. The van der Waals surface area contributed by atoms with Crippen LogP contribution in [0, 0.1) is 5.92 Å².